The molecule has 5 heteroatoms. The van der Waals surface area contributed by atoms with Gasteiger partial charge in [-0.05, 0) is 31.7 Å². The van der Waals surface area contributed by atoms with Crippen molar-refractivity contribution in [3.63, 3.8) is 0 Å². The molecule has 0 radical (unpaired) electrons. The first-order valence-electron chi connectivity index (χ1n) is 7.12. The van der Waals surface area contributed by atoms with Crippen LogP contribution in [-0.4, -0.2) is 34.7 Å². The fourth-order valence-electron chi connectivity index (χ4n) is 2.87. The summed E-state index contributed by atoms with van der Waals surface area (Å²) in [6.45, 7) is 3.30. The van der Waals surface area contributed by atoms with Gasteiger partial charge in [0.1, 0.15) is 12.1 Å². The van der Waals surface area contributed by atoms with Gasteiger partial charge in [-0.2, -0.15) is 0 Å². The molecule has 0 bridgehead atoms. The quantitative estimate of drug-likeness (QED) is 0.827. The van der Waals surface area contributed by atoms with Crippen LogP contribution in [0.4, 0.5) is 0 Å². The van der Waals surface area contributed by atoms with Crippen molar-refractivity contribution in [2.45, 2.75) is 31.7 Å². The lowest BCUT2D eigenvalue weighted by Crippen LogP contribution is -2.65. The topological polar surface area (TPSA) is 66.5 Å². The third kappa shape index (κ3) is 2.33. The van der Waals surface area contributed by atoms with E-state index in [1.54, 1.807) is 13.8 Å². The van der Waals surface area contributed by atoms with Crippen molar-refractivity contribution in [3.05, 3.63) is 35.9 Å². The summed E-state index contributed by atoms with van der Waals surface area (Å²) in [5.74, 6) is -0.842. The van der Waals surface area contributed by atoms with Crippen molar-refractivity contribution < 1.29 is 14.4 Å². The van der Waals surface area contributed by atoms with Crippen LogP contribution in [-0.2, 0) is 14.4 Å². The van der Waals surface area contributed by atoms with Gasteiger partial charge in [-0.1, -0.05) is 30.3 Å². The molecule has 1 aromatic carbocycles. The Balaban J connectivity index is 1.77. The van der Waals surface area contributed by atoms with Gasteiger partial charge in [-0.3, -0.25) is 19.7 Å². The highest BCUT2D eigenvalue weighted by Gasteiger charge is 2.51. The molecule has 1 heterocycles. The molecule has 3 rings (SSSR count). The van der Waals surface area contributed by atoms with Gasteiger partial charge in [-0.15, -0.1) is 0 Å². The third-order valence-electron chi connectivity index (χ3n) is 4.39. The molecule has 21 heavy (non-hydrogen) atoms. The highest BCUT2D eigenvalue weighted by atomic mass is 16.2. The van der Waals surface area contributed by atoms with Gasteiger partial charge in [0, 0.05) is 5.92 Å². The predicted octanol–water partition coefficient (Wildman–Crippen LogP) is 1.05. The van der Waals surface area contributed by atoms with Crippen LogP contribution in [0.5, 0.6) is 0 Å². The van der Waals surface area contributed by atoms with E-state index >= 15 is 0 Å². The van der Waals surface area contributed by atoms with Crippen LogP contribution in [0.25, 0.3) is 0 Å². The molecule has 1 saturated carbocycles. The number of piperazine rings is 1. The van der Waals surface area contributed by atoms with E-state index in [9.17, 15) is 14.4 Å². The van der Waals surface area contributed by atoms with E-state index < -0.39 is 17.4 Å². The lowest BCUT2D eigenvalue weighted by Gasteiger charge is -2.40. The molecule has 1 aliphatic heterocycles. The standard InChI is InChI=1S/C16H18N2O3/c1-16(2)15(21)17-13(19)9-18(16)14(20)12-8-11(12)10-6-4-3-5-7-10/h3-7,11-12H,8-9H2,1-2H3,(H,17,19,21). The van der Waals surface area contributed by atoms with Gasteiger partial charge in [0.25, 0.3) is 5.91 Å². The molecule has 110 valence electrons. The third-order valence-corrected chi connectivity index (χ3v) is 4.39. The first kappa shape index (κ1) is 13.8. The second kappa shape index (κ2) is 4.69. The number of hydrogen-bond donors (Lipinski definition) is 1. The maximum atomic E-state index is 12.6. The number of amides is 3. The molecule has 1 N–H and O–H groups in total. The lowest BCUT2D eigenvalue weighted by atomic mass is 9.97. The summed E-state index contributed by atoms with van der Waals surface area (Å²) >= 11 is 0. The van der Waals surface area contributed by atoms with Crippen molar-refractivity contribution in [3.8, 4) is 0 Å². The molecular formula is C16H18N2O3. The minimum atomic E-state index is -0.977. The Morgan fingerprint density at radius 1 is 1.24 bits per heavy atom. The predicted molar refractivity (Wildman–Crippen MR) is 76.2 cm³/mol. The summed E-state index contributed by atoms with van der Waals surface area (Å²) in [6.07, 6.45) is 0.783. The Labute approximate surface area is 123 Å². The largest absolute Gasteiger partial charge is 0.319 e. The van der Waals surface area contributed by atoms with Gasteiger partial charge in [0.05, 0.1) is 0 Å². The van der Waals surface area contributed by atoms with Gasteiger partial charge in [0.2, 0.25) is 11.8 Å². The first-order valence-corrected chi connectivity index (χ1v) is 7.12. The van der Waals surface area contributed by atoms with Crippen LogP contribution in [0.3, 0.4) is 0 Å². The maximum Gasteiger partial charge on any atom is 0.252 e. The molecular weight excluding hydrogens is 268 g/mol. The smallest absolute Gasteiger partial charge is 0.252 e. The molecule has 0 aromatic heterocycles. The molecule has 1 aromatic rings. The number of carbonyl (C=O) groups is 3. The van der Waals surface area contributed by atoms with Gasteiger partial charge < -0.3 is 4.90 Å². The van der Waals surface area contributed by atoms with E-state index in [0.717, 1.165) is 12.0 Å². The van der Waals surface area contributed by atoms with Crippen molar-refractivity contribution >= 4 is 17.7 Å². The number of nitrogens with one attached hydrogen (secondary N) is 1. The number of hydrogen-bond acceptors (Lipinski definition) is 3. The zero-order chi connectivity index (χ0) is 15.2. The van der Waals surface area contributed by atoms with E-state index in [4.69, 9.17) is 0 Å². The normalized spacial score (nSPS) is 27.2. The zero-order valence-electron chi connectivity index (χ0n) is 12.1. The highest BCUT2D eigenvalue weighted by molar-refractivity contribution is 6.06. The minimum Gasteiger partial charge on any atom is -0.319 e. The number of imide groups is 1. The summed E-state index contributed by atoms with van der Waals surface area (Å²) in [5.41, 5.74) is 0.163. The molecule has 1 aliphatic carbocycles. The molecule has 5 nitrogen and oxygen atoms in total. The van der Waals surface area contributed by atoms with Crippen molar-refractivity contribution in [2.75, 3.05) is 6.54 Å². The molecule has 2 aliphatic rings. The Bertz CT molecular complexity index is 609. The van der Waals surface area contributed by atoms with E-state index in [1.165, 1.54) is 4.90 Å². The van der Waals surface area contributed by atoms with Crippen LogP contribution in [0.1, 0.15) is 31.7 Å². The highest BCUT2D eigenvalue weighted by Crippen LogP contribution is 2.49. The SMILES string of the molecule is CC1(C)C(=O)NC(=O)CN1C(=O)C1CC1c1ccccc1. The van der Waals surface area contributed by atoms with Gasteiger partial charge in [-0.25, -0.2) is 0 Å². The number of carbonyl (C=O) groups excluding carboxylic acids is 3. The van der Waals surface area contributed by atoms with Gasteiger partial charge in [0.15, 0.2) is 0 Å². The second-order valence-corrected chi connectivity index (χ2v) is 6.22. The Hall–Kier alpha value is -2.17. The molecule has 1 saturated heterocycles. The molecule has 2 fully saturated rings. The van der Waals surface area contributed by atoms with Crippen molar-refractivity contribution in [1.82, 2.24) is 10.2 Å². The average molecular weight is 286 g/mol. The Morgan fingerprint density at radius 2 is 1.90 bits per heavy atom. The first-order chi connectivity index (χ1) is 9.91. The Morgan fingerprint density at radius 3 is 2.57 bits per heavy atom. The Kier molecular flexibility index (Phi) is 3.08. The van der Waals surface area contributed by atoms with Crippen LogP contribution < -0.4 is 5.32 Å². The van der Waals surface area contributed by atoms with Crippen LogP contribution in [0.15, 0.2) is 30.3 Å². The van der Waals surface area contributed by atoms with Gasteiger partial charge >= 0.3 is 0 Å². The van der Waals surface area contributed by atoms with Crippen LogP contribution >= 0.6 is 0 Å². The monoisotopic (exact) mass is 286 g/mol. The van der Waals surface area contributed by atoms with Crippen LogP contribution in [0.2, 0.25) is 0 Å². The second-order valence-electron chi connectivity index (χ2n) is 6.22. The fraction of sp³-hybridized carbons (Fsp3) is 0.438. The lowest BCUT2D eigenvalue weighted by molar-refractivity contribution is -0.156. The fourth-order valence-corrected chi connectivity index (χ4v) is 2.87. The summed E-state index contributed by atoms with van der Waals surface area (Å²) in [7, 11) is 0. The molecule has 2 unspecified atom stereocenters. The van der Waals surface area contributed by atoms with E-state index in [1.807, 2.05) is 30.3 Å². The average Bonchev–Trinajstić information content (AvgIpc) is 3.24. The summed E-state index contributed by atoms with van der Waals surface area (Å²) in [4.78, 5) is 37.5. The summed E-state index contributed by atoms with van der Waals surface area (Å²) in [6, 6.07) is 9.88. The van der Waals surface area contributed by atoms with E-state index in [-0.39, 0.29) is 24.3 Å². The number of nitrogens with zero attached hydrogens (tertiary/aromatic N) is 1. The molecule has 3 amide bonds. The number of benzene rings is 1. The summed E-state index contributed by atoms with van der Waals surface area (Å²) in [5, 5.41) is 2.28. The molecule has 2 atom stereocenters. The van der Waals surface area contributed by atoms with Crippen LogP contribution in [0, 0.1) is 5.92 Å². The maximum absolute atomic E-state index is 12.6. The summed E-state index contributed by atoms with van der Waals surface area (Å²) < 4.78 is 0. The van der Waals surface area contributed by atoms with E-state index in [0.29, 0.717) is 0 Å². The van der Waals surface area contributed by atoms with E-state index in [2.05, 4.69) is 5.32 Å². The minimum absolute atomic E-state index is 0.0460. The van der Waals surface area contributed by atoms with Crippen molar-refractivity contribution in [1.29, 1.82) is 0 Å². The number of rotatable bonds is 2. The zero-order valence-corrected chi connectivity index (χ0v) is 12.1. The molecule has 0 spiro atoms. The van der Waals surface area contributed by atoms with Crippen molar-refractivity contribution in [2.24, 2.45) is 5.92 Å².